The summed E-state index contributed by atoms with van der Waals surface area (Å²) in [5, 5.41) is 8.67. The molecule has 0 bridgehead atoms. The third-order valence-corrected chi connectivity index (χ3v) is 4.98. The van der Waals surface area contributed by atoms with E-state index in [0.717, 1.165) is 47.0 Å². The Balaban J connectivity index is 1.65. The van der Waals surface area contributed by atoms with Gasteiger partial charge in [0.05, 0.1) is 18.1 Å². The topological polar surface area (TPSA) is 81.4 Å². The Hall–Kier alpha value is -2.57. The second kappa shape index (κ2) is 6.63. The molecule has 7 nitrogen and oxygen atoms in total. The highest BCUT2D eigenvalue weighted by Crippen LogP contribution is 2.24. The van der Waals surface area contributed by atoms with E-state index in [9.17, 15) is 0 Å². The Kier molecular flexibility index (Phi) is 4.30. The first-order valence-electron chi connectivity index (χ1n) is 9.31. The van der Waals surface area contributed by atoms with Crippen LogP contribution in [-0.2, 0) is 26.4 Å². The Morgan fingerprint density at radius 1 is 1.12 bits per heavy atom. The summed E-state index contributed by atoms with van der Waals surface area (Å²) >= 11 is 0. The van der Waals surface area contributed by atoms with Crippen LogP contribution in [0.15, 0.2) is 6.20 Å². The summed E-state index contributed by atoms with van der Waals surface area (Å²) in [7, 11) is 1.90. The highest BCUT2D eigenvalue weighted by Gasteiger charge is 2.17. The molecule has 3 aromatic rings. The first kappa shape index (κ1) is 16.9. The van der Waals surface area contributed by atoms with Crippen LogP contribution in [0.1, 0.15) is 61.2 Å². The zero-order valence-electron chi connectivity index (χ0n) is 15.9. The normalized spacial score (nSPS) is 14.0. The van der Waals surface area contributed by atoms with Crippen LogP contribution in [0.2, 0.25) is 0 Å². The maximum Gasteiger partial charge on any atom is 0.163 e. The van der Waals surface area contributed by atoms with Gasteiger partial charge in [0.25, 0.3) is 0 Å². The minimum Gasteiger partial charge on any atom is -0.362 e. The Morgan fingerprint density at radius 2 is 1.92 bits per heavy atom. The summed E-state index contributed by atoms with van der Waals surface area (Å²) in [6, 6.07) is 0. The molecule has 0 saturated heterocycles. The van der Waals surface area contributed by atoms with E-state index in [2.05, 4.69) is 36.2 Å². The first-order chi connectivity index (χ1) is 12.5. The summed E-state index contributed by atoms with van der Waals surface area (Å²) < 4.78 is 1.79. The fourth-order valence-corrected chi connectivity index (χ4v) is 3.52. The molecular formula is C19H25N7. The number of anilines is 1. The maximum absolute atomic E-state index is 4.79. The smallest absolute Gasteiger partial charge is 0.163 e. The average Bonchev–Trinajstić information content (AvgIpc) is 3.01. The number of rotatable bonds is 4. The lowest BCUT2D eigenvalue weighted by molar-refractivity contribution is 0.648. The Morgan fingerprint density at radius 3 is 2.73 bits per heavy atom. The monoisotopic (exact) mass is 351 g/mol. The first-order valence-corrected chi connectivity index (χ1v) is 9.31. The van der Waals surface area contributed by atoms with Crippen LogP contribution in [0.5, 0.6) is 0 Å². The predicted molar refractivity (Wildman–Crippen MR) is 101 cm³/mol. The van der Waals surface area contributed by atoms with E-state index in [0.29, 0.717) is 6.54 Å². The minimum absolute atomic E-state index is 0.247. The molecule has 0 amide bonds. The van der Waals surface area contributed by atoms with Crippen LogP contribution in [0.3, 0.4) is 0 Å². The second-order valence-electron chi connectivity index (χ2n) is 7.30. The zero-order chi connectivity index (χ0) is 18.3. The molecule has 0 spiro atoms. The van der Waals surface area contributed by atoms with Gasteiger partial charge in [-0.05, 0) is 38.2 Å². The molecule has 0 aliphatic heterocycles. The lowest BCUT2D eigenvalue weighted by Gasteiger charge is -2.18. The predicted octanol–water partition coefficient (Wildman–Crippen LogP) is 3.08. The van der Waals surface area contributed by atoms with Crippen LogP contribution >= 0.6 is 0 Å². The van der Waals surface area contributed by atoms with Gasteiger partial charge in [0.2, 0.25) is 0 Å². The molecule has 0 unspecified atom stereocenters. The van der Waals surface area contributed by atoms with Crippen molar-refractivity contribution in [2.24, 2.45) is 7.05 Å². The van der Waals surface area contributed by atoms with Gasteiger partial charge in [-0.1, -0.05) is 13.8 Å². The van der Waals surface area contributed by atoms with Crippen molar-refractivity contribution in [2.75, 3.05) is 5.32 Å². The second-order valence-corrected chi connectivity index (χ2v) is 7.30. The van der Waals surface area contributed by atoms with E-state index >= 15 is 0 Å². The van der Waals surface area contributed by atoms with Crippen molar-refractivity contribution in [3.8, 4) is 0 Å². The van der Waals surface area contributed by atoms with Crippen molar-refractivity contribution >= 4 is 16.9 Å². The van der Waals surface area contributed by atoms with E-state index < -0.39 is 0 Å². The third-order valence-electron chi connectivity index (χ3n) is 4.98. The highest BCUT2D eigenvalue weighted by atomic mass is 15.3. The molecule has 136 valence electrons. The molecule has 0 aromatic carbocycles. The van der Waals surface area contributed by atoms with E-state index in [4.69, 9.17) is 15.0 Å². The summed E-state index contributed by atoms with van der Waals surface area (Å²) in [6.07, 6.45) is 6.43. The summed E-state index contributed by atoms with van der Waals surface area (Å²) in [5.41, 5.74) is 4.52. The van der Waals surface area contributed by atoms with E-state index in [-0.39, 0.29) is 5.92 Å². The SMILES string of the molecule is Cc1nc(CNc2nc(C(C)C)nc3c2cnn3C)nc2c1CCCC2. The summed E-state index contributed by atoms with van der Waals surface area (Å²) in [4.78, 5) is 18.8. The van der Waals surface area contributed by atoms with Gasteiger partial charge in [0.1, 0.15) is 17.5 Å². The van der Waals surface area contributed by atoms with Gasteiger partial charge < -0.3 is 5.32 Å². The van der Waals surface area contributed by atoms with Crippen molar-refractivity contribution in [1.29, 1.82) is 0 Å². The van der Waals surface area contributed by atoms with Crippen LogP contribution < -0.4 is 5.32 Å². The molecule has 0 radical (unpaired) electrons. The summed E-state index contributed by atoms with van der Waals surface area (Å²) in [5.74, 6) is 2.68. The van der Waals surface area contributed by atoms with Crippen LogP contribution in [-0.4, -0.2) is 29.7 Å². The average molecular weight is 351 g/mol. The van der Waals surface area contributed by atoms with E-state index in [1.807, 2.05) is 7.05 Å². The maximum atomic E-state index is 4.79. The van der Waals surface area contributed by atoms with E-state index in [1.54, 1.807) is 10.9 Å². The standard InChI is InChI=1S/C19H25N7/c1-11(2)17-24-18(14-9-21-26(4)19(14)25-17)20-10-16-22-12(3)13-7-5-6-8-15(13)23-16/h9,11H,5-8,10H2,1-4H3,(H,20,24,25). The fourth-order valence-electron chi connectivity index (χ4n) is 3.52. The fraction of sp³-hybridized carbons (Fsp3) is 0.526. The molecule has 1 aliphatic carbocycles. The van der Waals surface area contributed by atoms with Crippen LogP contribution in [0.25, 0.3) is 11.0 Å². The van der Waals surface area contributed by atoms with Gasteiger partial charge in [-0.25, -0.2) is 19.9 Å². The number of nitrogens with one attached hydrogen (secondary N) is 1. The minimum atomic E-state index is 0.247. The molecule has 1 N–H and O–H groups in total. The lowest BCUT2D eigenvalue weighted by Crippen LogP contribution is -2.15. The van der Waals surface area contributed by atoms with Crippen molar-refractivity contribution in [3.63, 3.8) is 0 Å². The summed E-state index contributed by atoms with van der Waals surface area (Å²) in [6.45, 7) is 6.83. The molecule has 7 heteroatoms. The molecule has 4 rings (SSSR count). The molecule has 26 heavy (non-hydrogen) atoms. The molecular weight excluding hydrogens is 326 g/mol. The Labute approximate surface area is 153 Å². The van der Waals surface area contributed by atoms with Crippen molar-refractivity contribution in [3.05, 3.63) is 34.8 Å². The number of fused-ring (bicyclic) bond motifs is 2. The number of aromatic nitrogens is 6. The van der Waals surface area contributed by atoms with Crippen molar-refractivity contribution < 1.29 is 0 Å². The van der Waals surface area contributed by atoms with Gasteiger partial charge in [0, 0.05) is 24.4 Å². The lowest BCUT2D eigenvalue weighted by atomic mass is 9.95. The number of nitrogens with zero attached hydrogens (tertiary/aromatic N) is 6. The number of aryl methyl sites for hydroxylation is 3. The highest BCUT2D eigenvalue weighted by molar-refractivity contribution is 5.86. The largest absolute Gasteiger partial charge is 0.362 e. The van der Waals surface area contributed by atoms with Gasteiger partial charge in [0.15, 0.2) is 5.65 Å². The molecule has 0 fully saturated rings. The Bertz CT molecular complexity index is 958. The van der Waals surface area contributed by atoms with Gasteiger partial charge in [-0.3, -0.25) is 4.68 Å². The number of hydrogen-bond acceptors (Lipinski definition) is 6. The molecule has 3 heterocycles. The van der Waals surface area contributed by atoms with Crippen LogP contribution in [0, 0.1) is 6.92 Å². The molecule has 0 saturated carbocycles. The number of hydrogen-bond donors (Lipinski definition) is 1. The van der Waals surface area contributed by atoms with E-state index in [1.165, 1.54) is 24.1 Å². The third kappa shape index (κ3) is 3.02. The molecule has 3 aromatic heterocycles. The molecule has 0 atom stereocenters. The van der Waals surface area contributed by atoms with Crippen molar-refractivity contribution in [1.82, 2.24) is 29.7 Å². The van der Waals surface area contributed by atoms with Crippen LogP contribution in [0.4, 0.5) is 5.82 Å². The van der Waals surface area contributed by atoms with Gasteiger partial charge >= 0.3 is 0 Å². The van der Waals surface area contributed by atoms with Gasteiger partial charge in [-0.15, -0.1) is 0 Å². The quantitative estimate of drug-likeness (QED) is 0.778. The van der Waals surface area contributed by atoms with Gasteiger partial charge in [-0.2, -0.15) is 5.10 Å². The molecule has 1 aliphatic rings. The van der Waals surface area contributed by atoms with Crippen molar-refractivity contribution in [2.45, 2.75) is 58.9 Å². The zero-order valence-corrected chi connectivity index (χ0v) is 15.9.